The number of aromatic nitrogens is 2. The monoisotopic (exact) mass is 327 g/mol. The molecule has 1 unspecified atom stereocenters. The zero-order valence-electron chi connectivity index (χ0n) is 13.4. The fraction of sp³-hybridized carbons (Fsp3) is 0.333. The first kappa shape index (κ1) is 16.1. The first-order chi connectivity index (χ1) is 11.7. The Bertz CT molecular complexity index is 892. The highest BCUT2D eigenvalue weighted by Gasteiger charge is 2.23. The Hall–Kier alpha value is -2.81. The number of alkyl halides is 1. The summed E-state index contributed by atoms with van der Waals surface area (Å²) in [6, 6.07) is 7.72. The summed E-state index contributed by atoms with van der Waals surface area (Å²) in [5, 5.41) is 8.01. The zero-order valence-corrected chi connectivity index (χ0v) is 13.4. The van der Waals surface area contributed by atoms with E-state index in [1.165, 1.54) is 13.0 Å². The molecule has 0 spiro atoms. The number of rotatable bonds is 2. The number of halogens is 1. The largest absolute Gasteiger partial charge is 0.462 e. The quantitative estimate of drug-likeness (QED) is 0.722. The molecule has 1 aliphatic rings. The van der Waals surface area contributed by atoms with Crippen molar-refractivity contribution < 1.29 is 13.9 Å². The Morgan fingerprint density at radius 2 is 1.96 bits per heavy atom. The highest BCUT2D eigenvalue weighted by Crippen LogP contribution is 2.35. The number of anilines is 1. The fourth-order valence-corrected chi connectivity index (χ4v) is 2.91. The fourth-order valence-electron chi connectivity index (χ4n) is 2.91. The predicted octanol–water partition coefficient (Wildman–Crippen LogP) is 3.96. The van der Waals surface area contributed by atoms with Gasteiger partial charge in [-0.05, 0) is 31.9 Å². The molecule has 6 heteroatoms. The summed E-state index contributed by atoms with van der Waals surface area (Å²) in [6.45, 7) is 3.34. The molecule has 0 radical (unpaired) electrons. The summed E-state index contributed by atoms with van der Waals surface area (Å²) < 4.78 is 19.7. The van der Waals surface area contributed by atoms with Gasteiger partial charge < -0.3 is 14.4 Å². The molecular formula is C18H18FN3O2. The predicted molar refractivity (Wildman–Crippen MR) is 91.0 cm³/mol. The summed E-state index contributed by atoms with van der Waals surface area (Å²) in [6.07, 6.45) is 6.47. The number of aliphatic hydroxyl groups excluding tert-OH is 1. The molecule has 4 rings (SSSR count). The summed E-state index contributed by atoms with van der Waals surface area (Å²) >= 11 is 0. The molecule has 0 aliphatic carbocycles. The van der Waals surface area contributed by atoms with Crippen LogP contribution in [0.2, 0.25) is 0 Å². The van der Waals surface area contributed by atoms with E-state index in [2.05, 4.69) is 21.3 Å². The van der Waals surface area contributed by atoms with E-state index in [1.54, 1.807) is 0 Å². The van der Waals surface area contributed by atoms with E-state index in [0.717, 1.165) is 42.7 Å². The lowest BCUT2D eigenvalue weighted by Crippen LogP contribution is -2.20. The van der Waals surface area contributed by atoms with Gasteiger partial charge in [0, 0.05) is 18.5 Å². The maximum Gasteiger partial charge on any atom is 0.196 e. The Kier molecular flexibility index (Phi) is 4.52. The number of hydrogen-bond acceptors (Lipinski definition) is 5. The molecule has 1 saturated heterocycles. The summed E-state index contributed by atoms with van der Waals surface area (Å²) in [5.41, 5.74) is 2.15. The number of benzene rings is 1. The molecule has 24 heavy (non-hydrogen) atoms. The maximum atomic E-state index is 13.8. The van der Waals surface area contributed by atoms with Gasteiger partial charge in [-0.25, -0.2) is 14.4 Å². The van der Waals surface area contributed by atoms with Gasteiger partial charge in [-0.1, -0.05) is 18.6 Å². The van der Waals surface area contributed by atoms with Gasteiger partial charge in [0.05, 0.1) is 0 Å². The number of para-hydroxylation sites is 1. The summed E-state index contributed by atoms with van der Waals surface area (Å²) in [4.78, 5) is 11.0. The smallest absolute Gasteiger partial charge is 0.196 e. The number of hydrogen-bond donors (Lipinski definition) is 1. The van der Waals surface area contributed by atoms with Crippen LogP contribution < -0.4 is 4.90 Å². The second-order valence-corrected chi connectivity index (χ2v) is 5.62. The number of furan rings is 1. The molecule has 1 N–H and O–H groups in total. The van der Waals surface area contributed by atoms with Crippen molar-refractivity contribution in [2.75, 3.05) is 18.0 Å². The van der Waals surface area contributed by atoms with Gasteiger partial charge in [-0.2, -0.15) is 0 Å². The van der Waals surface area contributed by atoms with E-state index >= 15 is 0 Å². The molecular weight excluding hydrogens is 309 g/mol. The van der Waals surface area contributed by atoms with Crippen LogP contribution in [0.3, 0.4) is 0 Å². The highest BCUT2D eigenvalue weighted by molar-refractivity contribution is 6.05. The van der Waals surface area contributed by atoms with Crippen LogP contribution in [0, 0.1) is 12.5 Å². The van der Waals surface area contributed by atoms with Crippen LogP contribution in [0.1, 0.15) is 31.8 Å². The molecule has 1 fully saturated rings. The van der Waals surface area contributed by atoms with Gasteiger partial charge in [0.1, 0.15) is 17.2 Å². The Morgan fingerprint density at radius 1 is 1.29 bits per heavy atom. The molecule has 0 bridgehead atoms. The van der Waals surface area contributed by atoms with Crippen LogP contribution in [0.25, 0.3) is 22.1 Å². The van der Waals surface area contributed by atoms with Crippen LogP contribution in [0.5, 0.6) is 0 Å². The average molecular weight is 327 g/mol. The van der Waals surface area contributed by atoms with Crippen molar-refractivity contribution in [1.82, 2.24) is 9.97 Å². The second-order valence-electron chi connectivity index (χ2n) is 5.62. The Labute approximate surface area is 139 Å². The van der Waals surface area contributed by atoms with E-state index < -0.39 is 6.17 Å². The number of fused-ring (bicyclic) bond motifs is 3. The first-order valence-corrected chi connectivity index (χ1v) is 7.83. The highest BCUT2D eigenvalue weighted by atomic mass is 19.1. The van der Waals surface area contributed by atoms with Crippen molar-refractivity contribution >= 4 is 27.9 Å². The standard InChI is InChI=1S/C16H16FN3O.C2H2O/c1-10(17)15-18-13-11-6-2-3-7-12(11)21-14(13)16(19-15)20-8-4-5-9-20;1-2-3/h2-3,6-7,10H,4-5,8-9H2,1H3;1,3H. The van der Waals surface area contributed by atoms with E-state index in [4.69, 9.17) is 9.52 Å². The maximum absolute atomic E-state index is 13.8. The third-order valence-corrected chi connectivity index (χ3v) is 3.98. The molecule has 2 aromatic heterocycles. The zero-order chi connectivity index (χ0) is 17.1. The minimum absolute atomic E-state index is 0.232. The van der Waals surface area contributed by atoms with Crippen molar-refractivity contribution in [2.24, 2.45) is 0 Å². The summed E-state index contributed by atoms with van der Waals surface area (Å²) in [7, 11) is 0. The van der Waals surface area contributed by atoms with E-state index in [0.29, 0.717) is 11.1 Å². The molecule has 3 aromatic rings. The molecule has 3 heterocycles. The minimum atomic E-state index is -1.19. The molecule has 1 atom stereocenters. The SMILES string of the molecule is C#CO.CC(F)c1nc(N2CCCC2)c2oc3ccccc3c2n1. The van der Waals surface area contributed by atoms with E-state index in [-0.39, 0.29) is 5.82 Å². The third kappa shape index (κ3) is 2.85. The van der Waals surface area contributed by atoms with Crippen molar-refractivity contribution in [3.63, 3.8) is 0 Å². The molecule has 5 nitrogen and oxygen atoms in total. The second kappa shape index (κ2) is 6.75. The van der Waals surface area contributed by atoms with Crippen LogP contribution in [0.15, 0.2) is 28.7 Å². The van der Waals surface area contributed by atoms with Gasteiger partial charge >= 0.3 is 0 Å². The normalized spacial score (nSPS) is 15.1. The van der Waals surface area contributed by atoms with E-state index in [9.17, 15) is 4.39 Å². The van der Waals surface area contributed by atoms with Crippen molar-refractivity contribution in [3.8, 4) is 12.5 Å². The van der Waals surface area contributed by atoms with Gasteiger partial charge in [-0.3, -0.25) is 0 Å². The van der Waals surface area contributed by atoms with Crippen molar-refractivity contribution in [1.29, 1.82) is 0 Å². The summed E-state index contributed by atoms with van der Waals surface area (Å²) in [5.74, 6) is 0.962. The Morgan fingerprint density at radius 3 is 2.62 bits per heavy atom. The molecule has 0 amide bonds. The lowest BCUT2D eigenvalue weighted by atomic mass is 10.2. The topological polar surface area (TPSA) is 62.4 Å². The van der Waals surface area contributed by atoms with Crippen molar-refractivity contribution in [3.05, 3.63) is 30.1 Å². The first-order valence-electron chi connectivity index (χ1n) is 7.83. The van der Waals surface area contributed by atoms with Gasteiger partial charge in [0.25, 0.3) is 0 Å². The van der Waals surface area contributed by atoms with Crippen LogP contribution in [0.4, 0.5) is 10.2 Å². The van der Waals surface area contributed by atoms with Gasteiger partial charge in [-0.15, -0.1) is 0 Å². The van der Waals surface area contributed by atoms with E-state index in [1.807, 2.05) is 24.3 Å². The van der Waals surface area contributed by atoms with Crippen LogP contribution in [-0.4, -0.2) is 28.2 Å². The van der Waals surface area contributed by atoms with Crippen LogP contribution >= 0.6 is 0 Å². The third-order valence-electron chi connectivity index (χ3n) is 3.98. The number of aliphatic hydroxyl groups is 1. The molecule has 1 aromatic carbocycles. The van der Waals surface area contributed by atoms with Crippen molar-refractivity contribution in [2.45, 2.75) is 25.9 Å². The molecule has 1 aliphatic heterocycles. The lowest BCUT2D eigenvalue weighted by Gasteiger charge is -2.17. The van der Waals surface area contributed by atoms with Crippen LogP contribution in [-0.2, 0) is 0 Å². The minimum Gasteiger partial charge on any atom is -0.462 e. The molecule has 124 valence electrons. The number of nitrogens with zero attached hydrogens (tertiary/aromatic N) is 3. The lowest BCUT2D eigenvalue weighted by molar-refractivity contribution is 0.357. The molecule has 0 saturated carbocycles. The Balaban J connectivity index is 0.000000526. The number of terminal acetylenes is 1. The average Bonchev–Trinajstić information content (AvgIpc) is 3.22. The van der Waals surface area contributed by atoms with Gasteiger partial charge in [0.15, 0.2) is 23.4 Å². The van der Waals surface area contributed by atoms with Gasteiger partial charge in [0.2, 0.25) is 0 Å².